The number of halogens is 1. The molecule has 0 atom stereocenters. The number of nitrogens with one attached hydrogen (secondary N) is 1. The lowest BCUT2D eigenvalue weighted by atomic mass is 10.1. The number of hydrogen-bond acceptors (Lipinski definition) is 5. The van der Waals surface area contributed by atoms with E-state index in [1.807, 2.05) is 0 Å². The Labute approximate surface area is 137 Å². The summed E-state index contributed by atoms with van der Waals surface area (Å²) in [5, 5.41) is 2.90. The summed E-state index contributed by atoms with van der Waals surface area (Å²) in [4.78, 5) is 32.4. The molecule has 1 aliphatic carbocycles. The fourth-order valence-corrected chi connectivity index (χ4v) is 2.45. The van der Waals surface area contributed by atoms with Crippen molar-refractivity contribution in [3.05, 3.63) is 40.7 Å². The maximum absolute atomic E-state index is 12.4. The normalized spacial score (nSPS) is 12.6. The average molecular weight is 332 g/mol. The van der Waals surface area contributed by atoms with E-state index in [4.69, 9.17) is 16.3 Å². The maximum atomic E-state index is 12.4. The highest BCUT2D eigenvalue weighted by atomic mass is 35.5. The average Bonchev–Trinajstić information content (AvgIpc) is 2.70. The number of nitrogens with zero attached hydrogens (tertiary/aromatic N) is 2. The predicted octanol–water partition coefficient (Wildman–Crippen LogP) is 3.69. The van der Waals surface area contributed by atoms with Crippen molar-refractivity contribution in [3.63, 3.8) is 0 Å². The van der Waals surface area contributed by atoms with Gasteiger partial charge in [0.2, 0.25) is 11.7 Å². The molecule has 1 N–H and O–H groups in total. The van der Waals surface area contributed by atoms with E-state index in [0.717, 1.165) is 5.56 Å². The molecule has 1 aromatic carbocycles. The summed E-state index contributed by atoms with van der Waals surface area (Å²) in [6, 6.07) is 5.06. The zero-order valence-electron chi connectivity index (χ0n) is 12.8. The fraction of sp³-hybridized carbons (Fsp3) is 0.250. The van der Waals surface area contributed by atoms with Gasteiger partial charge in [-0.15, -0.1) is 0 Å². The first-order chi connectivity index (χ1) is 10.7. The van der Waals surface area contributed by atoms with Crippen LogP contribution in [0.15, 0.2) is 24.4 Å². The summed E-state index contributed by atoms with van der Waals surface area (Å²) in [5.74, 6) is -0.225. The molecule has 1 heterocycles. The quantitative estimate of drug-likeness (QED) is 0.735. The van der Waals surface area contributed by atoms with Crippen LogP contribution < -0.4 is 5.32 Å². The Balaban J connectivity index is 1.89. The fourth-order valence-electron chi connectivity index (χ4n) is 2.27. The van der Waals surface area contributed by atoms with Gasteiger partial charge in [-0.3, -0.25) is 10.1 Å². The molecule has 0 saturated carbocycles. The molecule has 0 spiro atoms. The van der Waals surface area contributed by atoms with Crippen LogP contribution in [0.5, 0.6) is 0 Å². The smallest absolute Gasteiger partial charge is 0.414 e. The molecule has 6 nitrogen and oxygen atoms in total. The second-order valence-corrected chi connectivity index (χ2v) is 6.54. The van der Waals surface area contributed by atoms with Crippen LogP contribution in [0, 0.1) is 0 Å². The van der Waals surface area contributed by atoms with E-state index < -0.39 is 11.7 Å². The number of carbonyl (C=O) groups excluding carboxylic acids is 2. The van der Waals surface area contributed by atoms with E-state index in [2.05, 4.69) is 15.3 Å². The number of ketones is 1. The Kier molecular flexibility index (Phi) is 3.56. The highest BCUT2D eigenvalue weighted by Gasteiger charge is 2.29. The van der Waals surface area contributed by atoms with Gasteiger partial charge in [0, 0.05) is 22.3 Å². The van der Waals surface area contributed by atoms with E-state index in [1.165, 1.54) is 6.20 Å². The minimum Gasteiger partial charge on any atom is -0.444 e. The molecule has 0 unspecified atom stereocenters. The van der Waals surface area contributed by atoms with E-state index in [0.29, 0.717) is 16.1 Å². The maximum Gasteiger partial charge on any atom is 0.414 e. The molecule has 23 heavy (non-hydrogen) atoms. The van der Waals surface area contributed by atoms with E-state index in [9.17, 15) is 9.59 Å². The van der Waals surface area contributed by atoms with Crippen LogP contribution in [0.2, 0.25) is 5.02 Å². The molecule has 3 rings (SSSR count). The summed E-state index contributed by atoms with van der Waals surface area (Å²) in [6.07, 6.45) is 0.829. The van der Waals surface area contributed by atoms with Gasteiger partial charge in [-0.2, -0.15) is 0 Å². The van der Waals surface area contributed by atoms with Gasteiger partial charge in [-0.05, 0) is 38.5 Å². The standard InChI is InChI=1S/C16H14ClN3O3/c1-16(2,3)23-15(22)20-14-18-7-11-9-5-4-8(17)6-10(9)13(21)12(11)19-14/h4-7H,1-3H3,(H,18,19,20,22). The first-order valence-electron chi connectivity index (χ1n) is 6.96. The number of hydrogen-bond donors (Lipinski definition) is 1. The predicted molar refractivity (Wildman–Crippen MR) is 85.8 cm³/mol. The number of fused-ring (bicyclic) bond motifs is 3. The summed E-state index contributed by atoms with van der Waals surface area (Å²) in [6.45, 7) is 5.25. The topological polar surface area (TPSA) is 81.2 Å². The molecule has 7 heteroatoms. The van der Waals surface area contributed by atoms with Crippen LogP contribution in [0.25, 0.3) is 11.1 Å². The summed E-state index contributed by atoms with van der Waals surface area (Å²) in [5.41, 5.74) is 1.44. The van der Waals surface area contributed by atoms with Crippen molar-refractivity contribution in [1.29, 1.82) is 0 Å². The minimum atomic E-state index is -0.677. The van der Waals surface area contributed by atoms with Crippen molar-refractivity contribution >= 4 is 29.4 Å². The lowest BCUT2D eigenvalue weighted by Gasteiger charge is -2.19. The van der Waals surface area contributed by atoms with Gasteiger partial charge in [0.1, 0.15) is 11.3 Å². The van der Waals surface area contributed by atoms with Crippen LogP contribution in [0.1, 0.15) is 36.8 Å². The highest BCUT2D eigenvalue weighted by molar-refractivity contribution is 6.32. The number of benzene rings is 1. The second-order valence-electron chi connectivity index (χ2n) is 6.10. The largest absolute Gasteiger partial charge is 0.444 e. The molecule has 1 aliphatic rings. The van der Waals surface area contributed by atoms with Crippen LogP contribution in [0.4, 0.5) is 10.7 Å². The third-order valence-corrected chi connectivity index (χ3v) is 3.37. The molecule has 0 aliphatic heterocycles. The molecule has 0 bridgehead atoms. The number of carbonyl (C=O) groups is 2. The monoisotopic (exact) mass is 331 g/mol. The first kappa shape index (κ1) is 15.4. The number of ether oxygens (including phenoxy) is 1. The summed E-state index contributed by atoms with van der Waals surface area (Å²) < 4.78 is 5.13. The van der Waals surface area contributed by atoms with Gasteiger partial charge in [0.15, 0.2) is 0 Å². The highest BCUT2D eigenvalue weighted by Crippen LogP contribution is 2.36. The number of aromatic nitrogens is 2. The Morgan fingerprint density at radius 3 is 2.65 bits per heavy atom. The Bertz CT molecular complexity index is 828. The van der Waals surface area contributed by atoms with Gasteiger partial charge < -0.3 is 4.74 Å². The van der Waals surface area contributed by atoms with Crippen molar-refractivity contribution in [1.82, 2.24) is 9.97 Å². The molecular formula is C16H14ClN3O3. The zero-order chi connectivity index (χ0) is 16.8. The molecular weight excluding hydrogens is 318 g/mol. The van der Waals surface area contributed by atoms with E-state index >= 15 is 0 Å². The molecule has 1 aromatic heterocycles. The summed E-state index contributed by atoms with van der Waals surface area (Å²) in [7, 11) is 0. The lowest BCUT2D eigenvalue weighted by molar-refractivity contribution is 0.0634. The van der Waals surface area contributed by atoms with Crippen molar-refractivity contribution in [2.45, 2.75) is 26.4 Å². The van der Waals surface area contributed by atoms with Crippen LogP contribution in [-0.2, 0) is 4.74 Å². The van der Waals surface area contributed by atoms with E-state index in [-0.39, 0.29) is 17.4 Å². The molecule has 1 amide bonds. The van der Waals surface area contributed by atoms with Gasteiger partial charge >= 0.3 is 6.09 Å². The molecule has 118 valence electrons. The third kappa shape index (κ3) is 3.03. The van der Waals surface area contributed by atoms with Gasteiger partial charge in [0.05, 0.1) is 0 Å². The van der Waals surface area contributed by atoms with Crippen LogP contribution in [0.3, 0.4) is 0 Å². The molecule has 2 aromatic rings. The van der Waals surface area contributed by atoms with Gasteiger partial charge in [0.25, 0.3) is 0 Å². The van der Waals surface area contributed by atoms with Gasteiger partial charge in [-0.1, -0.05) is 17.7 Å². The minimum absolute atomic E-state index is 0.0188. The first-order valence-corrected chi connectivity index (χ1v) is 7.34. The summed E-state index contributed by atoms with van der Waals surface area (Å²) >= 11 is 5.93. The number of anilines is 1. The van der Waals surface area contributed by atoms with Crippen LogP contribution >= 0.6 is 11.6 Å². The van der Waals surface area contributed by atoms with Gasteiger partial charge in [-0.25, -0.2) is 14.8 Å². The van der Waals surface area contributed by atoms with Crippen molar-refractivity contribution in [2.75, 3.05) is 5.32 Å². The number of rotatable bonds is 1. The second kappa shape index (κ2) is 5.31. The van der Waals surface area contributed by atoms with Crippen molar-refractivity contribution in [2.24, 2.45) is 0 Å². The Hall–Kier alpha value is -2.47. The lowest BCUT2D eigenvalue weighted by Crippen LogP contribution is -2.28. The van der Waals surface area contributed by atoms with Crippen molar-refractivity contribution < 1.29 is 14.3 Å². The Morgan fingerprint density at radius 2 is 1.96 bits per heavy atom. The van der Waals surface area contributed by atoms with Crippen molar-refractivity contribution in [3.8, 4) is 11.1 Å². The third-order valence-electron chi connectivity index (χ3n) is 3.13. The van der Waals surface area contributed by atoms with Crippen LogP contribution in [-0.4, -0.2) is 27.4 Å². The molecule has 0 saturated heterocycles. The molecule has 0 radical (unpaired) electrons. The molecule has 0 fully saturated rings. The Morgan fingerprint density at radius 1 is 1.22 bits per heavy atom. The number of amides is 1. The zero-order valence-corrected chi connectivity index (χ0v) is 13.6. The van der Waals surface area contributed by atoms with E-state index in [1.54, 1.807) is 39.0 Å². The SMILES string of the molecule is CC(C)(C)OC(=O)Nc1ncc2c(n1)C(=O)c1cc(Cl)ccc1-2.